The highest BCUT2D eigenvalue weighted by atomic mass is 16.5. The molecule has 1 aliphatic heterocycles. The minimum absolute atomic E-state index is 0.0133. The molecule has 7 nitrogen and oxygen atoms in total. The second-order valence-electron chi connectivity index (χ2n) is 9.13. The minimum atomic E-state index is -0.338. The quantitative estimate of drug-likeness (QED) is 0.406. The summed E-state index contributed by atoms with van der Waals surface area (Å²) in [5.41, 5.74) is 5.53. The Labute approximate surface area is 217 Å². The maximum Gasteiger partial charge on any atom is 0.163 e. The Balaban J connectivity index is 1.58. The van der Waals surface area contributed by atoms with Crippen molar-refractivity contribution in [2.45, 2.75) is 31.7 Å². The number of hydrogen-bond donors (Lipinski definition) is 2. The summed E-state index contributed by atoms with van der Waals surface area (Å²) in [4.78, 5) is 13.9. The summed E-state index contributed by atoms with van der Waals surface area (Å²) in [6, 6.07) is 19.4. The summed E-state index contributed by atoms with van der Waals surface area (Å²) in [6.45, 7) is 2.48. The molecular formula is C30H32N2O5. The van der Waals surface area contributed by atoms with E-state index in [9.17, 15) is 4.79 Å². The first-order chi connectivity index (χ1) is 18.1. The Morgan fingerprint density at radius 2 is 1.43 bits per heavy atom. The van der Waals surface area contributed by atoms with Crippen LogP contribution in [0.1, 0.15) is 42.9 Å². The molecule has 1 aliphatic carbocycles. The highest BCUT2D eigenvalue weighted by molar-refractivity contribution is 6.01. The predicted octanol–water partition coefficient (Wildman–Crippen LogP) is 6.09. The molecule has 2 aliphatic rings. The summed E-state index contributed by atoms with van der Waals surface area (Å²) in [6.07, 6.45) is 1.09. The van der Waals surface area contributed by atoms with Crippen molar-refractivity contribution in [3.8, 4) is 23.0 Å². The standard InChI is InChI=1S/C30H32N2O5/c1-5-37-26-13-11-19(17-28(26)36-4)30-29-23(31-21-8-6-7-9-22(21)32-30)14-20(15-24(29)33)18-10-12-25(34-2)27(16-18)35-3/h6-13,16-17,20,30-32H,5,14-15H2,1-4H3. The van der Waals surface area contributed by atoms with E-state index in [1.165, 1.54) is 0 Å². The summed E-state index contributed by atoms with van der Waals surface area (Å²) in [5, 5.41) is 7.21. The second-order valence-corrected chi connectivity index (χ2v) is 9.13. The van der Waals surface area contributed by atoms with Gasteiger partial charge in [0.2, 0.25) is 0 Å². The minimum Gasteiger partial charge on any atom is -0.493 e. The van der Waals surface area contributed by atoms with Gasteiger partial charge in [-0.05, 0) is 66.8 Å². The van der Waals surface area contributed by atoms with Crippen LogP contribution in [0, 0.1) is 0 Å². The van der Waals surface area contributed by atoms with Gasteiger partial charge in [-0.2, -0.15) is 0 Å². The number of para-hydroxylation sites is 2. The first-order valence-corrected chi connectivity index (χ1v) is 12.5. The van der Waals surface area contributed by atoms with Crippen LogP contribution < -0.4 is 29.6 Å². The molecular weight excluding hydrogens is 468 g/mol. The van der Waals surface area contributed by atoms with Crippen LogP contribution >= 0.6 is 0 Å². The summed E-state index contributed by atoms with van der Waals surface area (Å²) >= 11 is 0. The number of hydrogen-bond acceptors (Lipinski definition) is 7. The van der Waals surface area contributed by atoms with E-state index in [1.807, 2.05) is 67.6 Å². The number of ketones is 1. The van der Waals surface area contributed by atoms with Gasteiger partial charge in [-0.1, -0.05) is 24.3 Å². The van der Waals surface area contributed by atoms with Crippen LogP contribution in [0.25, 0.3) is 0 Å². The largest absolute Gasteiger partial charge is 0.493 e. The van der Waals surface area contributed by atoms with Gasteiger partial charge in [-0.25, -0.2) is 0 Å². The molecule has 0 aromatic heterocycles. The number of methoxy groups -OCH3 is 3. The lowest BCUT2D eigenvalue weighted by molar-refractivity contribution is -0.116. The molecule has 0 spiro atoms. The van der Waals surface area contributed by atoms with Crippen LogP contribution in [-0.4, -0.2) is 33.7 Å². The van der Waals surface area contributed by atoms with Crippen molar-refractivity contribution >= 4 is 17.2 Å². The van der Waals surface area contributed by atoms with Crippen molar-refractivity contribution in [2.75, 3.05) is 38.6 Å². The maximum atomic E-state index is 13.9. The number of carbonyl (C=O) groups is 1. The topological polar surface area (TPSA) is 78.1 Å². The molecule has 2 N–H and O–H groups in total. The Hall–Kier alpha value is -4.13. The van der Waals surface area contributed by atoms with Crippen molar-refractivity contribution in [1.29, 1.82) is 0 Å². The highest BCUT2D eigenvalue weighted by Gasteiger charge is 2.36. The first kappa shape index (κ1) is 24.6. The molecule has 2 unspecified atom stereocenters. The third kappa shape index (κ3) is 4.69. The van der Waals surface area contributed by atoms with E-state index in [2.05, 4.69) is 10.6 Å². The van der Waals surface area contributed by atoms with E-state index < -0.39 is 0 Å². The molecule has 0 fully saturated rings. The number of rotatable bonds is 7. The lowest BCUT2D eigenvalue weighted by atomic mass is 9.78. The number of allylic oxidation sites excluding steroid dienone is 1. The molecule has 0 bridgehead atoms. The molecule has 0 radical (unpaired) electrons. The number of anilines is 2. The fourth-order valence-electron chi connectivity index (χ4n) is 5.22. The number of carbonyl (C=O) groups excluding carboxylic acids is 1. The molecule has 0 amide bonds. The number of fused-ring (bicyclic) bond motifs is 1. The van der Waals surface area contributed by atoms with E-state index in [4.69, 9.17) is 18.9 Å². The van der Waals surface area contributed by atoms with Crippen molar-refractivity contribution < 1.29 is 23.7 Å². The van der Waals surface area contributed by atoms with E-state index in [0.29, 0.717) is 42.4 Å². The molecule has 0 saturated heterocycles. The molecule has 3 aromatic rings. The number of Topliss-reactive ketones (excluding diaryl/α,β-unsaturated/α-hetero) is 1. The van der Waals surface area contributed by atoms with Gasteiger partial charge in [0, 0.05) is 17.7 Å². The van der Waals surface area contributed by atoms with Crippen LogP contribution in [0.5, 0.6) is 23.0 Å². The van der Waals surface area contributed by atoms with Gasteiger partial charge in [0.15, 0.2) is 28.8 Å². The molecule has 1 heterocycles. The van der Waals surface area contributed by atoms with Crippen molar-refractivity contribution in [1.82, 2.24) is 0 Å². The van der Waals surface area contributed by atoms with Gasteiger partial charge in [-0.15, -0.1) is 0 Å². The third-order valence-electron chi connectivity index (χ3n) is 7.01. The molecule has 192 valence electrons. The average Bonchev–Trinajstić information content (AvgIpc) is 3.10. The zero-order chi connectivity index (χ0) is 25.9. The number of benzene rings is 3. The van der Waals surface area contributed by atoms with Gasteiger partial charge < -0.3 is 29.6 Å². The Bertz CT molecular complexity index is 1350. The lowest BCUT2D eigenvalue weighted by Crippen LogP contribution is -2.27. The van der Waals surface area contributed by atoms with Crippen molar-refractivity contribution in [3.05, 3.63) is 83.1 Å². The van der Waals surface area contributed by atoms with E-state index >= 15 is 0 Å². The fourth-order valence-corrected chi connectivity index (χ4v) is 5.22. The lowest BCUT2D eigenvalue weighted by Gasteiger charge is -2.30. The van der Waals surface area contributed by atoms with E-state index in [1.54, 1.807) is 21.3 Å². The van der Waals surface area contributed by atoms with Gasteiger partial charge in [-0.3, -0.25) is 4.79 Å². The predicted molar refractivity (Wildman–Crippen MR) is 144 cm³/mol. The summed E-state index contributed by atoms with van der Waals surface area (Å²) in [5.74, 6) is 2.76. The van der Waals surface area contributed by atoms with Gasteiger partial charge in [0.25, 0.3) is 0 Å². The van der Waals surface area contributed by atoms with E-state index in [-0.39, 0.29) is 17.7 Å². The van der Waals surface area contributed by atoms with E-state index in [0.717, 1.165) is 33.8 Å². The maximum absolute atomic E-state index is 13.9. The Kier molecular flexibility index (Phi) is 6.95. The number of ether oxygens (including phenoxy) is 4. The normalized spacial score (nSPS) is 18.5. The van der Waals surface area contributed by atoms with Crippen LogP contribution in [0.15, 0.2) is 71.9 Å². The number of nitrogens with one attached hydrogen (secondary N) is 2. The van der Waals surface area contributed by atoms with Crippen LogP contribution in [0.4, 0.5) is 11.4 Å². The molecule has 3 aromatic carbocycles. The molecule has 2 atom stereocenters. The van der Waals surface area contributed by atoms with Crippen molar-refractivity contribution in [3.63, 3.8) is 0 Å². The van der Waals surface area contributed by atoms with Crippen molar-refractivity contribution in [2.24, 2.45) is 0 Å². The fraction of sp³-hybridized carbons (Fsp3) is 0.300. The average molecular weight is 501 g/mol. The highest BCUT2D eigenvalue weighted by Crippen LogP contribution is 2.46. The zero-order valence-electron chi connectivity index (χ0n) is 21.6. The SMILES string of the molecule is CCOc1ccc(C2Nc3ccccc3NC3=C2C(=O)CC(c2ccc(OC)c(OC)c2)C3)cc1OC. The van der Waals surface area contributed by atoms with Gasteiger partial charge in [0.05, 0.1) is 45.4 Å². The smallest absolute Gasteiger partial charge is 0.163 e. The molecule has 5 rings (SSSR count). The van der Waals surface area contributed by atoms with Crippen LogP contribution in [0.2, 0.25) is 0 Å². The summed E-state index contributed by atoms with van der Waals surface area (Å²) in [7, 11) is 4.87. The zero-order valence-corrected chi connectivity index (χ0v) is 21.6. The monoisotopic (exact) mass is 500 g/mol. The van der Waals surface area contributed by atoms with Crippen LogP contribution in [-0.2, 0) is 4.79 Å². The second kappa shape index (κ2) is 10.5. The van der Waals surface area contributed by atoms with Gasteiger partial charge in [0.1, 0.15) is 0 Å². The Morgan fingerprint density at radius 3 is 2.16 bits per heavy atom. The molecule has 7 heteroatoms. The first-order valence-electron chi connectivity index (χ1n) is 12.5. The van der Waals surface area contributed by atoms with Crippen LogP contribution in [0.3, 0.4) is 0 Å². The van der Waals surface area contributed by atoms with Gasteiger partial charge >= 0.3 is 0 Å². The Morgan fingerprint density at radius 1 is 0.784 bits per heavy atom. The molecule has 0 saturated carbocycles. The summed E-state index contributed by atoms with van der Waals surface area (Å²) < 4.78 is 22.3. The molecule has 37 heavy (non-hydrogen) atoms. The third-order valence-corrected chi connectivity index (χ3v) is 7.01.